The SMILES string of the molecule is CC(C)CNC(=O)NC(=O)COC(=O)c1ccccc1SCC(=O)Nc1ccc(F)cc1. The molecule has 0 aliphatic carbocycles. The summed E-state index contributed by atoms with van der Waals surface area (Å²) >= 11 is 1.11. The Kier molecular flexibility index (Phi) is 9.68. The number of anilines is 1. The smallest absolute Gasteiger partial charge is 0.339 e. The molecule has 0 spiro atoms. The number of rotatable bonds is 9. The second-order valence-electron chi connectivity index (χ2n) is 7.07. The van der Waals surface area contributed by atoms with E-state index in [1.165, 1.54) is 30.3 Å². The van der Waals surface area contributed by atoms with Crippen molar-refractivity contribution < 1.29 is 28.3 Å². The van der Waals surface area contributed by atoms with Gasteiger partial charge in [0.15, 0.2) is 6.61 Å². The van der Waals surface area contributed by atoms with Crippen molar-refractivity contribution >= 4 is 41.3 Å². The summed E-state index contributed by atoms with van der Waals surface area (Å²) in [5, 5.41) is 7.22. The van der Waals surface area contributed by atoms with Gasteiger partial charge in [0.25, 0.3) is 5.91 Å². The Balaban J connectivity index is 1.85. The van der Waals surface area contributed by atoms with Crippen molar-refractivity contribution in [3.8, 4) is 0 Å². The molecule has 8 nitrogen and oxygen atoms in total. The third kappa shape index (κ3) is 8.76. The van der Waals surface area contributed by atoms with E-state index in [1.807, 2.05) is 13.8 Å². The Morgan fingerprint density at radius 1 is 1.00 bits per heavy atom. The normalized spacial score (nSPS) is 10.4. The molecular formula is C22H24FN3O5S. The van der Waals surface area contributed by atoms with Crippen molar-refractivity contribution in [2.24, 2.45) is 5.92 Å². The molecule has 0 aliphatic rings. The molecule has 2 aromatic carbocycles. The summed E-state index contributed by atoms with van der Waals surface area (Å²) in [6.45, 7) is 3.59. The van der Waals surface area contributed by atoms with E-state index < -0.39 is 30.3 Å². The lowest BCUT2D eigenvalue weighted by Gasteiger charge is -2.11. The number of ether oxygens (including phenoxy) is 1. The number of thioether (sulfide) groups is 1. The molecule has 0 saturated heterocycles. The van der Waals surface area contributed by atoms with E-state index in [-0.39, 0.29) is 23.1 Å². The van der Waals surface area contributed by atoms with Crippen molar-refractivity contribution in [2.45, 2.75) is 18.7 Å². The van der Waals surface area contributed by atoms with Gasteiger partial charge in [0.1, 0.15) is 5.82 Å². The molecule has 2 aromatic rings. The number of esters is 1. The molecule has 4 amide bonds. The second kappa shape index (κ2) is 12.5. The fourth-order valence-corrected chi connectivity index (χ4v) is 3.19. The highest BCUT2D eigenvalue weighted by Gasteiger charge is 2.16. The summed E-state index contributed by atoms with van der Waals surface area (Å²) in [5.74, 6) is -2.04. The molecule has 0 fully saturated rings. The van der Waals surface area contributed by atoms with Crippen LogP contribution in [0.5, 0.6) is 0 Å². The highest BCUT2D eigenvalue weighted by molar-refractivity contribution is 8.00. The van der Waals surface area contributed by atoms with E-state index in [9.17, 15) is 23.6 Å². The number of imide groups is 1. The van der Waals surface area contributed by atoms with E-state index >= 15 is 0 Å². The minimum absolute atomic E-state index is 0.00181. The molecule has 0 atom stereocenters. The number of amides is 4. The van der Waals surface area contributed by atoms with Gasteiger partial charge in [0, 0.05) is 17.1 Å². The van der Waals surface area contributed by atoms with E-state index in [0.29, 0.717) is 17.1 Å². The van der Waals surface area contributed by atoms with Gasteiger partial charge in [-0.15, -0.1) is 11.8 Å². The quantitative estimate of drug-likeness (QED) is 0.390. The van der Waals surface area contributed by atoms with E-state index in [0.717, 1.165) is 11.8 Å². The van der Waals surface area contributed by atoms with Gasteiger partial charge >= 0.3 is 12.0 Å². The van der Waals surface area contributed by atoms with Gasteiger partial charge < -0.3 is 15.4 Å². The number of nitrogens with one attached hydrogen (secondary N) is 3. The Labute approximate surface area is 189 Å². The predicted molar refractivity (Wildman–Crippen MR) is 119 cm³/mol. The Morgan fingerprint density at radius 2 is 1.69 bits per heavy atom. The lowest BCUT2D eigenvalue weighted by Crippen LogP contribution is -2.42. The molecule has 0 saturated carbocycles. The summed E-state index contributed by atoms with van der Waals surface area (Å²) in [6.07, 6.45) is 0. The maximum Gasteiger partial charge on any atom is 0.339 e. The van der Waals surface area contributed by atoms with Crippen molar-refractivity contribution in [1.82, 2.24) is 10.6 Å². The lowest BCUT2D eigenvalue weighted by molar-refractivity contribution is -0.123. The van der Waals surface area contributed by atoms with Gasteiger partial charge in [0.2, 0.25) is 5.91 Å². The summed E-state index contributed by atoms with van der Waals surface area (Å²) in [6, 6.07) is 11.2. The second-order valence-corrected chi connectivity index (χ2v) is 8.09. The zero-order valence-corrected chi connectivity index (χ0v) is 18.5. The lowest BCUT2D eigenvalue weighted by atomic mass is 10.2. The van der Waals surface area contributed by atoms with Crippen molar-refractivity contribution in [3.05, 3.63) is 59.9 Å². The molecular weight excluding hydrogens is 437 g/mol. The van der Waals surface area contributed by atoms with E-state index in [2.05, 4.69) is 16.0 Å². The fraction of sp³-hybridized carbons (Fsp3) is 0.273. The van der Waals surface area contributed by atoms with Crippen LogP contribution < -0.4 is 16.0 Å². The highest BCUT2D eigenvalue weighted by Crippen LogP contribution is 2.23. The predicted octanol–water partition coefficient (Wildman–Crippen LogP) is 3.20. The van der Waals surface area contributed by atoms with Gasteiger partial charge in [-0.05, 0) is 42.3 Å². The average Bonchev–Trinajstić information content (AvgIpc) is 2.76. The summed E-state index contributed by atoms with van der Waals surface area (Å²) in [4.78, 5) is 48.4. The van der Waals surface area contributed by atoms with Crippen LogP contribution in [0.15, 0.2) is 53.4 Å². The number of carbonyl (C=O) groups is 4. The van der Waals surface area contributed by atoms with Gasteiger partial charge in [-0.2, -0.15) is 0 Å². The van der Waals surface area contributed by atoms with E-state index in [1.54, 1.807) is 18.2 Å². The molecule has 170 valence electrons. The number of hydrogen-bond donors (Lipinski definition) is 3. The Bertz CT molecular complexity index is 966. The van der Waals surface area contributed by atoms with Crippen LogP contribution in [0, 0.1) is 11.7 Å². The zero-order valence-electron chi connectivity index (χ0n) is 17.6. The van der Waals surface area contributed by atoms with Crippen LogP contribution in [-0.2, 0) is 14.3 Å². The fourth-order valence-electron chi connectivity index (χ4n) is 2.35. The molecule has 32 heavy (non-hydrogen) atoms. The first-order chi connectivity index (χ1) is 15.2. The van der Waals surface area contributed by atoms with E-state index in [4.69, 9.17) is 4.74 Å². The Hall–Kier alpha value is -3.40. The van der Waals surface area contributed by atoms with Crippen molar-refractivity contribution in [2.75, 3.05) is 24.2 Å². The molecule has 0 aromatic heterocycles. The first kappa shape index (κ1) is 24.9. The molecule has 10 heteroatoms. The number of urea groups is 1. The van der Waals surface area contributed by atoms with Crippen molar-refractivity contribution in [1.29, 1.82) is 0 Å². The summed E-state index contributed by atoms with van der Waals surface area (Å²) in [7, 11) is 0. The molecule has 3 N–H and O–H groups in total. The van der Waals surface area contributed by atoms with Crippen LogP contribution >= 0.6 is 11.8 Å². The molecule has 0 heterocycles. The zero-order chi connectivity index (χ0) is 23.5. The topological polar surface area (TPSA) is 114 Å². The number of hydrogen-bond acceptors (Lipinski definition) is 6. The first-order valence-electron chi connectivity index (χ1n) is 9.76. The third-order valence-electron chi connectivity index (χ3n) is 3.85. The molecule has 2 rings (SSSR count). The molecule has 0 bridgehead atoms. The standard InChI is InChI=1S/C22H24FN3O5S/c1-14(2)11-24-22(30)26-19(27)12-31-21(29)17-5-3-4-6-18(17)32-13-20(28)25-16-9-7-15(23)8-10-16/h3-10,14H,11-13H2,1-2H3,(H,25,28)(H2,24,26,27,30). The van der Waals surface area contributed by atoms with Crippen LogP contribution in [0.2, 0.25) is 0 Å². The molecule has 0 radical (unpaired) electrons. The number of halogens is 1. The highest BCUT2D eigenvalue weighted by atomic mass is 32.2. The van der Waals surface area contributed by atoms with Gasteiger partial charge in [-0.25, -0.2) is 14.0 Å². The summed E-state index contributed by atoms with van der Waals surface area (Å²) in [5.41, 5.74) is 0.636. The minimum Gasteiger partial charge on any atom is -0.452 e. The van der Waals surface area contributed by atoms with Crippen LogP contribution in [-0.4, -0.2) is 42.7 Å². The molecule has 0 aliphatic heterocycles. The monoisotopic (exact) mass is 461 g/mol. The maximum atomic E-state index is 12.9. The largest absolute Gasteiger partial charge is 0.452 e. The van der Waals surface area contributed by atoms with Gasteiger partial charge in [-0.1, -0.05) is 26.0 Å². The first-order valence-corrected chi connectivity index (χ1v) is 10.7. The van der Waals surface area contributed by atoms with Gasteiger partial charge in [-0.3, -0.25) is 14.9 Å². The summed E-state index contributed by atoms with van der Waals surface area (Å²) < 4.78 is 17.9. The number of benzene rings is 2. The maximum absolute atomic E-state index is 12.9. The number of carbonyl (C=O) groups excluding carboxylic acids is 4. The van der Waals surface area contributed by atoms with Crippen LogP contribution in [0.4, 0.5) is 14.9 Å². The third-order valence-corrected chi connectivity index (χ3v) is 4.93. The van der Waals surface area contributed by atoms with Crippen LogP contribution in [0.25, 0.3) is 0 Å². The Morgan fingerprint density at radius 3 is 2.38 bits per heavy atom. The van der Waals surface area contributed by atoms with Gasteiger partial charge in [0.05, 0.1) is 11.3 Å². The van der Waals surface area contributed by atoms with Crippen molar-refractivity contribution in [3.63, 3.8) is 0 Å². The average molecular weight is 462 g/mol. The minimum atomic E-state index is -0.761. The van der Waals surface area contributed by atoms with Crippen LogP contribution in [0.1, 0.15) is 24.2 Å². The van der Waals surface area contributed by atoms with Crippen LogP contribution in [0.3, 0.4) is 0 Å². The molecule has 0 unspecified atom stereocenters.